The fraction of sp³-hybridized carbons (Fsp3) is 0.625. The van der Waals surface area contributed by atoms with Crippen molar-refractivity contribution in [3.05, 3.63) is 28.8 Å². The van der Waals surface area contributed by atoms with Crippen LogP contribution in [0.15, 0.2) is 18.2 Å². The SMILES string of the molecule is CCC(C)c1ccc(OCC2CCCNC2)c(Cl)c1.Cl. The molecule has 0 bridgehead atoms. The van der Waals surface area contributed by atoms with Gasteiger partial charge in [-0.05, 0) is 49.4 Å². The topological polar surface area (TPSA) is 21.3 Å². The van der Waals surface area contributed by atoms with Gasteiger partial charge in [0.15, 0.2) is 0 Å². The summed E-state index contributed by atoms with van der Waals surface area (Å²) in [5.41, 5.74) is 1.29. The smallest absolute Gasteiger partial charge is 0.137 e. The Kier molecular flexibility index (Phi) is 7.71. The summed E-state index contributed by atoms with van der Waals surface area (Å²) < 4.78 is 5.87. The molecule has 0 aliphatic carbocycles. The van der Waals surface area contributed by atoms with Crippen molar-refractivity contribution in [3.63, 3.8) is 0 Å². The van der Waals surface area contributed by atoms with E-state index in [4.69, 9.17) is 16.3 Å². The maximum atomic E-state index is 6.31. The molecular weight excluding hydrogens is 293 g/mol. The molecule has 1 N–H and O–H groups in total. The average molecular weight is 318 g/mol. The van der Waals surface area contributed by atoms with Crippen molar-refractivity contribution in [1.82, 2.24) is 5.32 Å². The lowest BCUT2D eigenvalue weighted by Crippen LogP contribution is -2.33. The van der Waals surface area contributed by atoms with Gasteiger partial charge < -0.3 is 10.1 Å². The normalized spacial score (nSPS) is 20.1. The Morgan fingerprint density at radius 2 is 2.25 bits per heavy atom. The summed E-state index contributed by atoms with van der Waals surface area (Å²) in [4.78, 5) is 0. The lowest BCUT2D eigenvalue weighted by atomic mass is 9.98. The van der Waals surface area contributed by atoms with Crippen LogP contribution in [-0.2, 0) is 0 Å². The average Bonchev–Trinajstić information content (AvgIpc) is 2.46. The highest BCUT2D eigenvalue weighted by molar-refractivity contribution is 6.32. The van der Waals surface area contributed by atoms with Gasteiger partial charge in [0.05, 0.1) is 11.6 Å². The predicted octanol–water partition coefficient (Wildman–Crippen LogP) is 4.65. The molecule has 1 saturated heterocycles. The van der Waals surface area contributed by atoms with Crippen molar-refractivity contribution in [1.29, 1.82) is 0 Å². The Morgan fingerprint density at radius 3 is 2.85 bits per heavy atom. The highest BCUT2D eigenvalue weighted by Gasteiger charge is 2.14. The van der Waals surface area contributed by atoms with Gasteiger partial charge in [-0.1, -0.05) is 31.5 Å². The maximum absolute atomic E-state index is 6.31. The van der Waals surface area contributed by atoms with E-state index >= 15 is 0 Å². The molecule has 1 fully saturated rings. The first-order valence-corrected chi connectivity index (χ1v) is 7.71. The van der Waals surface area contributed by atoms with Crippen molar-refractivity contribution in [2.24, 2.45) is 5.92 Å². The fourth-order valence-corrected chi connectivity index (χ4v) is 2.69. The molecule has 1 heterocycles. The molecule has 1 aromatic rings. The number of ether oxygens (including phenoxy) is 1. The molecule has 1 aliphatic heterocycles. The molecule has 0 aromatic heterocycles. The third kappa shape index (κ3) is 4.83. The first kappa shape index (κ1) is 17.6. The van der Waals surface area contributed by atoms with Crippen LogP contribution in [0.4, 0.5) is 0 Å². The molecule has 0 radical (unpaired) electrons. The van der Waals surface area contributed by atoms with Crippen LogP contribution in [0.5, 0.6) is 5.75 Å². The molecule has 0 spiro atoms. The maximum Gasteiger partial charge on any atom is 0.137 e. The van der Waals surface area contributed by atoms with Gasteiger partial charge in [0.2, 0.25) is 0 Å². The molecule has 2 unspecified atom stereocenters. The molecule has 4 heteroatoms. The van der Waals surface area contributed by atoms with Crippen LogP contribution in [0.25, 0.3) is 0 Å². The third-order valence-electron chi connectivity index (χ3n) is 4.01. The second-order valence-corrected chi connectivity index (χ2v) is 5.93. The Hall–Kier alpha value is -0.440. The van der Waals surface area contributed by atoms with Crippen molar-refractivity contribution >= 4 is 24.0 Å². The van der Waals surface area contributed by atoms with Crippen LogP contribution in [0, 0.1) is 5.92 Å². The molecule has 0 amide bonds. The van der Waals surface area contributed by atoms with Crippen molar-refractivity contribution in [3.8, 4) is 5.75 Å². The first-order valence-electron chi connectivity index (χ1n) is 7.33. The van der Waals surface area contributed by atoms with Gasteiger partial charge in [-0.15, -0.1) is 12.4 Å². The number of nitrogens with one attached hydrogen (secondary N) is 1. The molecule has 1 aromatic carbocycles. The molecule has 2 nitrogen and oxygen atoms in total. The predicted molar refractivity (Wildman–Crippen MR) is 88.5 cm³/mol. The highest BCUT2D eigenvalue weighted by atomic mass is 35.5. The summed E-state index contributed by atoms with van der Waals surface area (Å²) >= 11 is 6.31. The monoisotopic (exact) mass is 317 g/mol. The van der Waals surface area contributed by atoms with Crippen LogP contribution < -0.4 is 10.1 Å². The second kappa shape index (κ2) is 8.76. The Labute approximate surface area is 133 Å². The summed E-state index contributed by atoms with van der Waals surface area (Å²) in [6.07, 6.45) is 3.62. The first-order chi connectivity index (χ1) is 9.20. The Bertz CT molecular complexity index is 405. The number of hydrogen-bond donors (Lipinski definition) is 1. The van der Waals surface area contributed by atoms with Gasteiger partial charge in [-0.3, -0.25) is 0 Å². The molecule has 0 saturated carbocycles. The number of halogens is 2. The zero-order valence-electron chi connectivity index (χ0n) is 12.3. The van der Waals surface area contributed by atoms with E-state index in [9.17, 15) is 0 Å². The lowest BCUT2D eigenvalue weighted by molar-refractivity contribution is 0.218. The van der Waals surface area contributed by atoms with E-state index in [-0.39, 0.29) is 12.4 Å². The highest BCUT2D eigenvalue weighted by Crippen LogP contribution is 2.30. The van der Waals surface area contributed by atoms with Crippen LogP contribution >= 0.6 is 24.0 Å². The summed E-state index contributed by atoms with van der Waals surface area (Å²) in [7, 11) is 0. The summed E-state index contributed by atoms with van der Waals surface area (Å²) in [5, 5.41) is 4.14. The quantitative estimate of drug-likeness (QED) is 0.853. The number of rotatable bonds is 5. The molecule has 114 valence electrons. The van der Waals surface area contributed by atoms with Gasteiger partial charge in [0.25, 0.3) is 0 Å². The van der Waals surface area contributed by atoms with E-state index in [1.807, 2.05) is 12.1 Å². The van der Waals surface area contributed by atoms with E-state index in [2.05, 4.69) is 25.2 Å². The molecule has 2 rings (SSSR count). The van der Waals surface area contributed by atoms with Crippen molar-refractivity contribution in [2.45, 2.75) is 39.0 Å². The Balaban J connectivity index is 0.00000200. The lowest BCUT2D eigenvalue weighted by Gasteiger charge is -2.23. The minimum atomic E-state index is 0. The molecule has 1 aliphatic rings. The van der Waals surface area contributed by atoms with E-state index in [0.29, 0.717) is 11.8 Å². The Morgan fingerprint density at radius 1 is 1.45 bits per heavy atom. The van der Waals surface area contributed by atoms with Crippen LogP contribution in [0.3, 0.4) is 0 Å². The van der Waals surface area contributed by atoms with Crippen LogP contribution in [-0.4, -0.2) is 19.7 Å². The summed E-state index contributed by atoms with van der Waals surface area (Å²) in [5.74, 6) is 1.98. The van der Waals surface area contributed by atoms with E-state index in [1.165, 1.54) is 18.4 Å². The number of piperidine rings is 1. The molecular formula is C16H25Cl2NO. The fourth-order valence-electron chi connectivity index (χ4n) is 2.45. The minimum absolute atomic E-state index is 0. The molecule has 20 heavy (non-hydrogen) atoms. The summed E-state index contributed by atoms with van der Waals surface area (Å²) in [6.45, 7) is 7.37. The molecule has 2 atom stereocenters. The minimum Gasteiger partial charge on any atom is -0.492 e. The van der Waals surface area contributed by atoms with E-state index in [0.717, 1.165) is 36.9 Å². The van der Waals surface area contributed by atoms with Crippen molar-refractivity contribution < 1.29 is 4.74 Å². The van der Waals surface area contributed by atoms with E-state index in [1.54, 1.807) is 0 Å². The van der Waals surface area contributed by atoms with Crippen LogP contribution in [0.2, 0.25) is 5.02 Å². The number of benzene rings is 1. The third-order valence-corrected chi connectivity index (χ3v) is 4.31. The number of hydrogen-bond acceptors (Lipinski definition) is 2. The van der Waals surface area contributed by atoms with E-state index < -0.39 is 0 Å². The summed E-state index contributed by atoms with van der Waals surface area (Å²) in [6, 6.07) is 6.19. The van der Waals surface area contributed by atoms with Gasteiger partial charge in [0.1, 0.15) is 5.75 Å². The zero-order valence-corrected chi connectivity index (χ0v) is 13.9. The van der Waals surface area contributed by atoms with Gasteiger partial charge in [-0.2, -0.15) is 0 Å². The van der Waals surface area contributed by atoms with Crippen molar-refractivity contribution in [2.75, 3.05) is 19.7 Å². The van der Waals surface area contributed by atoms with Crippen LogP contribution in [0.1, 0.15) is 44.6 Å². The van der Waals surface area contributed by atoms with Gasteiger partial charge >= 0.3 is 0 Å². The zero-order chi connectivity index (χ0) is 13.7. The largest absolute Gasteiger partial charge is 0.492 e. The van der Waals surface area contributed by atoms with Gasteiger partial charge in [-0.25, -0.2) is 0 Å². The standard InChI is InChI=1S/C16H24ClNO.ClH/c1-3-12(2)14-6-7-16(15(17)9-14)19-11-13-5-4-8-18-10-13;/h6-7,9,12-13,18H,3-5,8,10-11H2,1-2H3;1H. The second-order valence-electron chi connectivity index (χ2n) is 5.52. The van der Waals surface area contributed by atoms with Gasteiger partial charge in [0, 0.05) is 12.5 Å².